The van der Waals surface area contributed by atoms with Crippen molar-refractivity contribution in [2.24, 2.45) is 0 Å². The van der Waals surface area contributed by atoms with Gasteiger partial charge in [-0.1, -0.05) is 170 Å². The van der Waals surface area contributed by atoms with Gasteiger partial charge in [0.15, 0.2) is 0 Å². The van der Waals surface area contributed by atoms with Crippen LogP contribution >= 0.6 is 0 Å². The molecule has 0 bridgehead atoms. The number of furan rings is 1. The zero-order valence-corrected chi connectivity index (χ0v) is 32.0. The van der Waals surface area contributed by atoms with E-state index in [0.717, 1.165) is 68.4 Å². The lowest BCUT2D eigenvalue weighted by Crippen LogP contribution is -2.10. The van der Waals surface area contributed by atoms with Crippen molar-refractivity contribution in [1.82, 2.24) is 0 Å². The fourth-order valence-electron chi connectivity index (χ4n) is 8.81. The summed E-state index contributed by atoms with van der Waals surface area (Å²) in [5.41, 5.74) is 17.3. The highest BCUT2D eigenvalue weighted by atomic mass is 16.3. The molecule has 2 nitrogen and oxygen atoms in total. The summed E-state index contributed by atoms with van der Waals surface area (Å²) in [7, 11) is 0. The van der Waals surface area contributed by atoms with Crippen molar-refractivity contribution in [2.75, 3.05) is 4.90 Å². The summed E-state index contributed by atoms with van der Waals surface area (Å²) in [4.78, 5) is 2.36. The summed E-state index contributed by atoms with van der Waals surface area (Å²) >= 11 is 0. The van der Waals surface area contributed by atoms with Gasteiger partial charge in [0.1, 0.15) is 11.2 Å². The van der Waals surface area contributed by atoms with Crippen LogP contribution in [0.25, 0.3) is 83.3 Å². The maximum absolute atomic E-state index is 6.88. The first-order valence-corrected chi connectivity index (χ1v) is 20.1. The average Bonchev–Trinajstić information content (AvgIpc) is 3.69. The van der Waals surface area contributed by atoms with Crippen molar-refractivity contribution in [1.29, 1.82) is 0 Å². The molecule has 0 spiro atoms. The van der Waals surface area contributed by atoms with E-state index in [1.807, 2.05) is 0 Å². The first-order valence-electron chi connectivity index (χ1n) is 20.1. The van der Waals surface area contributed by atoms with Crippen molar-refractivity contribution >= 4 is 55.8 Å². The number of benzene rings is 9. The van der Waals surface area contributed by atoms with Gasteiger partial charge < -0.3 is 9.32 Å². The maximum atomic E-state index is 6.88. The van der Waals surface area contributed by atoms with Gasteiger partial charge in [-0.3, -0.25) is 0 Å². The number of rotatable bonds is 7. The van der Waals surface area contributed by atoms with Gasteiger partial charge in [-0.15, -0.1) is 0 Å². The van der Waals surface area contributed by atoms with E-state index in [-0.39, 0.29) is 0 Å². The second-order valence-electron chi connectivity index (χ2n) is 15.2. The quantitative estimate of drug-likeness (QED) is 0.162. The third-order valence-corrected chi connectivity index (χ3v) is 11.7. The highest BCUT2D eigenvalue weighted by Crippen LogP contribution is 2.44. The molecule has 0 atom stereocenters. The van der Waals surface area contributed by atoms with Gasteiger partial charge in [0.05, 0.1) is 0 Å². The molecule has 11 rings (SSSR count). The van der Waals surface area contributed by atoms with Crippen LogP contribution in [0.2, 0.25) is 0 Å². The van der Waals surface area contributed by atoms with E-state index in [2.05, 4.69) is 217 Å². The molecule has 0 aliphatic heterocycles. The second kappa shape index (κ2) is 14.3. The summed E-state index contributed by atoms with van der Waals surface area (Å²) in [5.74, 6) is 0. The van der Waals surface area contributed by atoms with E-state index in [9.17, 15) is 0 Å². The Balaban J connectivity index is 1.01. The number of fused-ring (bicyclic) bond motifs is 6. The number of para-hydroxylation sites is 1. The van der Waals surface area contributed by atoms with E-state index in [1.54, 1.807) is 0 Å². The molecule has 0 saturated carbocycles. The fraction of sp³-hybridized carbons (Fsp3) is 0.0357. The smallest absolute Gasteiger partial charge is 0.143 e. The van der Waals surface area contributed by atoms with E-state index in [0.29, 0.717) is 0 Å². The number of nitrogens with zero attached hydrogens (tertiary/aromatic N) is 1. The highest BCUT2D eigenvalue weighted by molar-refractivity contribution is 6.20. The Labute approximate surface area is 338 Å². The van der Waals surface area contributed by atoms with E-state index in [1.165, 1.54) is 49.9 Å². The Hall–Kier alpha value is -7.42. The van der Waals surface area contributed by atoms with Crippen molar-refractivity contribution in [2.45, 2.75) is 12.8 Å². The van der Waals surface area contributed by atoms with E-state index in [4.69, 9.17) is 4.42 Å². The van der Waals surface area contributed by atoms with Crippen LogP contribution in [-0.2, 0) is 6.42 Å². The zero-order valence-electron chi connectivity index (χ0n) is 32.0. The molecule has 0 saturated heterocycles. The number of aryl methyl sites for hydroxylation is 1. The molecule has 58 heavy (non-hydrogen) atoms. The maximum Gasteiger partial charge on any atom is 0.143 e. The molecule has 1 aliphatic rings. The Kier molecular flexibility index (Phi) is 8.33. The lowest BCUT2D eigenvalue weighted by atomic mass is 9.93. The molecular formula is C56H39NO. The zero-order chi connectivity index (χ0) is 38.4. The predicted octanol–water partition coefficient (Wildman–Crippen LogP) is 15.8. The van der Waals surface area contributed by atoms with Gasteiger partial charge >= 0.3 is 0 Å². The Morgan fingerprint density at radius 3 is 1.71 bits per heavy atom. The third kappa shape index (κ3) is 5.98. The van der Waals surface area contributed by atoms with Crippen LogP contribution < -0.4 is 4.90 Å². The van der Waals surface area contributed by atoms with E-state index >= 15 is 0 Å². The standard InChI is InChI=1S/C56H39NO/c1-3-13-38(14-4-1)44-19-11-20-48(36-44)57(46-31-27-40(28-32-46)45-26-25-39-15-7-8-18-43(39)35-45)47-33-29-42(30-34-47)49-23-12-24-52-54-37-53(41-16-5-2-6-17-41)50-21-9-10-22-51(50)56(54)58-55(49)52/h1-7,9-17,19-37H,8,18H2. The lowest BCUT2D eigenvalue weighted by molar-refractivity contribution is 0.674. The molecule has 2 heteroatoms. The molecule has 0 unspecified atom stereocenters. The van der Waals surface area contributed by atoms with Crippen molar-refractivity contribution in [3.05, 3.63) is 217 Å². The minimum absolute atomic E-state index is 0.904. The summed E-state index contributed by atoms with van der Waals surface area (Å²) in [6.45, 7) is 0. The lowest BCUT2D eigenvalue weighted by Gasteiger charge is -2.26. The molecular weight excluding hydrogens is 703 g/mol. The van der Waals surface area contributed by atoms with Gasteiger partial charge in [-0.25, -0.2) is 0 Å². The Morgan fingerprint density at radius 2 is 0.931 bits per heavy atom. The summed E-state index contributed by atoms with van der Waals surface area (Å²) in [5, 5.41) is 4.57. The van der Waals surface area contributed by atoms with Gasteiger partial charge in [0.2, 0.25) is 0 Å². The molecule has 1 aliphatic carbocycles. The molecule has 0 radical (unpaired) electrons. The van der Waals surface area contributed by atoms with Crippen LogP contribution in [0.15, 0.2) is 211 Å². The molecule has 0 amide bonds. The van der Waals surface area contributed by atoms with E-state index < -0.39 is 0 Å². The Bertz CT molecular complexity index is 3140. The number of hydrogen-bond acceptors (Lipinski definition) is 2. The largest absolute Gasteiger partial charge is 0.455 e. The molecule has 274 valence electrons. The van der Waals surface area contributed by atoms with Gasteiger partial charge in [-0.05, 0) is 111 Å². The van der Waals surface area contributed by atoms with Crippen LogP contribution in [0, 0.1) is 0 Å². The second-order valence-corrected chi connectivity index (χ2v) is 15.2. The van der Waals surface area contributed by atoms with Gasteiger partial charge in [0, 0.05) is 38.8 Å². The highest BCUT2D eigenvalue weighted by Gasteiger charge is 2.19. The summed E-state index contributed by atoms with van der Waals surface area (Å²) < 4.78 is 6.88. The molecule has 9 aromatic carbocycles. The van der Waals surface area contributed by atoms with Crippen LogP contribution in [0.5, 0.6) is 0 Å². The third-order valence-electron chi connectivity index (χ3n) is 11.7. The molecule has 0 N–H and O–H groups in total. The van der Waals surface area contributed by atoms with Crippen LogP contribution in [0.1, 0.15) is 17.5 Å². The minimum Gasteiger partial charge on any atom is -0.455 e. The van der Waals surface area contributed by atoms with Gasteiger partial charge in [-0.2, -0.15) is 0 Å². The first kappa shape index (κ1) is 33.9. The molecule has 0 fully saturated rings. The molecule has 1 aromatic heterocycles. The van der Waals surface area contributed by atoms with Crippen molar-refractivity contribution in [3.63, 3.8) is 0 Å². The van der Waals surface area contributed by atoms with Gasteiger partial charge in [0.25, 0.3) is 0 Å². The number of anilines is 3. The predicted molar refractivity (Wildman–Crippen MR) is 245 cm³/mol. The minimum atomic E-state index is 0.904. The first-order chi connectivity index (χ1) is 28.7. The van der Waals surface area contributed by atoms with Crippen LogP contribution in [0.3, 0.4) is 0 Å². The summed E-state index contributed by atoms with van der Waals surface area (Å²) in [6, 6.07) is 72.3. The van der Waals surface area contributed by atoms with Crippen LogP contribution in [-0.4, -0.2) is 0 Å². The van der Waals surface area contributed by atoms with Crippen molar-refractivity contribution in [3.8, 4) is 44.5 Å². The van der Waals surface area contributed by atoms with Crippen molar-refractivity contribution < 1.29 is 4.42 Å². The topological polar surface area (TPSA) is 16.4 Å². The Morgan fingerprint density at radius 1 is 0.362 bits per heavy atom. The monoisotopic (exact) mass is 741 g/mol. The molecule has 10 aromatic rings. The average molecular weight is 742 g/mol. The normalized spacial score (nSPS) is 12.3. The molecule has 1 heterocycles. The number of hydrogen-bond donors (Lipinski definition) is 0. The fourth-order valence-corrected chi connectivity index (χ4v) is 8.81. The number of allylic oxidation sites excluding steroid dienone is 1. The van der Waals surface area contributed by atoms with Crippen LogP contribution in [0.4, 0.5) is 17.1 Å². The SMILES string of the molecule is C1=Cc2ccc(-c3ccc(N(c4ccc(-c5cccc6c5oc5c7ccccc7c(-c7ccccc7)cc65)cc4)c4cccc(-c5ccccc5)c4)cc3)cc2CC1. The summed E-state index contributed by atoms with van der Waals surface area (Å²) in [6.07, 6.45) is 6.72.